The van der Waals surface area contributed by atoms with Crippen LogP contribution in [0.1, 0.15) is 0 Å². The predicted molar refractivity (Wildman–Crippen MR) is 80.8 cm³/mol. The molecular weight excluding hydrogens is 266 g/mol. The van der Waals surface area contributed by atoms with Crippen molar-refractivity contribution in [3.63, 3.8) is 0 Å². The van der Waals surface area contributed by atoms with Crippen LogP contribution >= 0.6 is 11.8 Å². The van der Waals surface area contributed by atoms with Crippen molar-refractivity contribution in [2.24, 2.45) is 0 Å². The van der Waals surface area contributed by atoms with E-state index in [0.717, 1.165) is 22.2 Å². The number of hydrogen-bond donors (Lipinski definition) is 0. The molecule has 0 spiro atoms. The van der Waals surface area contributed by atoms with E-state index in [1.54, 1.807) is 11.8 Å². The largest absolute Gasteiger partial charge is 0.277 e. The molecule has 0 saturated carbocycles. The Hall–Kier alpha value is -2.33. The normalized spacial score (nSPS) is 12.7. The summed E-state index contributed by atoms with van der Waals surface area (Å²) in [5.74, 6) is 1.83. The fourth-order valence-electron chi connectivity index (χ4n) is 2.31. The van der Waals surface area contributed by atoms with Crippen molar-refractivity contribution in [3.8, 4) is 0 Å². The van der Waals surface area contributed by atoms with Gasteiger partial charge in [0.05, 0.1) is 10.6 Å². The maximum Gasteiger partial charge on any atom is 0.152 e. The Labute approximate surface area is 121 Å². The number of nitrogens with zero attached hydrogens (tertiary/aromatic N) is 3. The van der Waals surface area contributed by atoms with Gasteiger partial charge in [-0.3, -0.25) is 4.90 Å². The summed E-state index contributed by atoms with van der Waals surface area (Å²) in [5, 5.41) is 0. The minimum atomic E-state index is 0.889. The molecule has 0 saturated heterocycles. The standard InChI is InChI=1S/C16H11N3S/c1-2-7-13-12(6-1)19(15-9-3-4-10-17-15)16-14(20-13)8-5-11-18-16/h1-11H. The Morgan fingerprint density at radius 1 is 0.750 bits per heavy atom. The number of fused-ring (bicyclic) bond motifs is 2. The van der Waals surface area contributed by atoms with Crippen molar-refractivity contribution in [3.05, 3.63) is 67.0 Å². The van der Waals surface area contributed by atoms with Gasteiger partial charge in [0.1, 0.15) is 5.82 Å². The van der Waals surface area contributed by atoms with Gasteiger partial charge < -0.3 is 0 Å². The third kappa shape index (κ3) is 1.77. The van der Waals surface area contributed by atoms with Crippen molar-refractivity contribution < 1.29 is 0 Å². The molecule has 0 unspecified atom stereocenters. The number of rotatable bonds is 1. The van der Waals surface area contributed by atoms with E-state index in [1.807, 2.05) is 42.7 Å². The first-order valence-electron chi connectivity index (χ1n) is 6.36. The van der Waals surface area contributed by atoms with E-state index in [2.05, 4.69) is 39.1 Å². The van der Waals surface area contributed by atoms with E-state index in [0.29, 0.717) is 0 Å². The maximum atomic E-state index is 4.54. The molecule has 20 heavy (non-hydrogen) atoms. The zero-order valence-electron chi connectivity index (χ0n) is 10.6. The molecule has 1 aliphatic heterocycles. The molecule has 0 atom stereocenters. The molecule has 2 aromatic heterocycles. The van der Waals surface area contributed by atoms with Gasteiger partial charge >= 0.3 is 0 Å². The molecule has 1 aliphatic rings. The molecule has 3 heterocycles. The second kappa shape index (κ2) is 4.65. The predicted octanol–water partition coefficient (Wildman–Crippen LogP) is 4.41. The average Bonchev–Trinajstić information content (AvgIpc) is 2.53. The van der Waals surface area contributed by atoms with E-state index in [1.165, 1.54) is 4.90 Å². The number of hydrogen-bond acceptors (Lipinski definition) is 4. The first-order chi connectivity index (χ1) is 9.93. The molecule has 1 aromatic carbocycles. The molecule has 0 radical (unpaired) electrons. The van der Waals surface area contributed by atoms with Crippen LogP contribution in [-0.4, -0.2) is 9.97 Å². The zero-order chi connectivity index (χ0) is 13.4. The van der Waals surface area contributed by atoms with Crippen LogP contribution in [0.4, 0.5) is 17.3 Å². The lowest BCUT2D eigenvalue weighted by molar-refractivity contribution is 1.05. The summed E-state index contributed by atoms with van der Waals surface area (Å²) in [4.78, 5) is 13.5. The highest BCUT2D eigenvalue weighted by Crippen LogP contribution is 2.49. The third-order valence-electron chi connectivity index (χ3n) is 3.17. The van der Waals surface area contributed by atoms with Gasteiger partial charge in [-0.15, -0.1) is 0 Å². The summed E-state index contributed by atoms with van der Waals surface area (Å²) < 4.78 is 0. The summed E-state index contributed by atoms with van der Waals surface area (Å²) in [5.41, 5.74) is 1.13. The number of pyridine rings is 2. The van der Waals surface area contributed by atoms with Gasteiger partial charge in [0.25, 0.3) is 0 Å². The first kappa shape index (κ1) is 11.5. The molecule has 3 nitrogen and oxygen atoms in total. The number of aromatic nitrogens is 2. The molecule has 0 fully saturated rings. The molecule has 4 heteroatoms. The fraction of sp³-hybridized carbons (Fsp3) is 0. The van der Waals surface area contributed by atoms with Gasteiger partial charge in [-0.2, -0.15) is 0 Å². The van der Waals surface area contributed by atoms with Crippen molar-refractivity contribution in [2.75, 3.05) is 4.90 Å². The highest BCUT2D eigenvalue weighted by atomic mass is 32.2. The lowest BCUT2D eigenvalue weighted by atomic mass is 10.2. The minimum Gasteiger partial charge on any atom is -0.277 e. The van der Waals surface area contributed by atoms with Gasteiger partial charge in [0, 0.05) is 17.3 Å². The molecular formula is C16H11N3S. The van der Waals surface area contributed by atoms with Crippen LogP contribution in [0.15, 0.2) is 76.8 Å². The number of benzene rings is 1. The number of para-hydroxylation sites is 1. The van der Waals surface area contributed by atoms with Crippen LogP contribution in [0.2, 0.25) is 0 Å². The van der Waals surface area contributed by atoms with Crippen LogP contribution in [0.5, 0.6) is 0 Å². The zero-order valence-corrected chi connectivity index (χ0v) is 11.4. The fourth-order valence-corrected chi connectivity index (χ4v) is 3.34. The third-order valence-corrected chi connectivity index (χ3v) is 4.27. The molecule has 4 rings (SSSR count). The summed E-state index contributed by atoms with van der Waals surface area (Å²) in [6, 6.07) is 18.3. The lowest BCUT2D eigenvalue weighted by Gasteiger charge is -2.30. The van der Waals surface area contributed by atoms with Gasteiger partial charge in [0.2, 0.25) is 0 Å². The van der Waals surface area contributed by atoms with E-state index in [4.69, 9.17) is 0 Å². The van der Waals surface area contributed by atoms with Gasteiger partial charge in [-0.05, 0) is 36.4 Å². The van der Waals surface area contributed by atoms with Crippen LogP contribution in [-0.2, 0) is 0 Å². The second-order valence-electron chi connectivity index (χ2n) is 4.42. The average molecular weight is 277 g/mol. The van der Waals surface area contributed by atoms with E-state index >= 15 is 0 Å². The summed E-state index contributed by atoms with van der Waals surface area (Å²) in [6.45, 7) is 0. The smallest absolute Gasteiger partial charge is 0.152 e. The van der Waals surface area contributed by atoms with E-state index in [-0.39, 0.29) is 0 Å². The summed E-state index contributed by atoms with van der Waals surface area (Å²) in [7, 11) is 0. The van der Waals surface area contributed by atoms with Crippen molar-refractivity contribution in [1.82, 2.24) is 9.97 Å². The lowest BCUT2D eigenvalue weighted by Crippen LogP contribution is -2.17. The topological polar surface area (TPSA) is 29.0 Å². The molecule has 0 aliphatic carbocycles. The Morgan fingerprint density at radius 2 is 1.55 bits per heavy atom. The van der Waals surface area contributed by atoms with Gasteiger partial charge in [-0.25, -0.2) is 9.97 Å². The molecule has 0 amide bonds. The Morgan fingerprint density at radius 3 is 2.45 bits per heavy atom. The molecule has 3 aromatic rings. The van der Waals surface area contributed by atoms with Crippen LogP contribution < -0.4 is 4.90 Å². The first-order valence-corrected chi connectivity index (χ1v) is 7.18. The van der Waals surface area contributed by atoms with Crippen LogP contribution in [0.25, 0.3) is 0 Å². The van der Waals surface area contributed by atoms with Gasteiger partial charge in [0.15, 0.2) is 5.82 Å². The second-order valence-corrected chi connectivity index (χ2v) is 5.50. The van der Waals surface area contributed by atoms with Crippen molar-refractivity contribution >= 4 is 29.1 Å². The molecule has 96 valence electrons. The van der Waals surface area contributed by atoms with Gasteiger partial charge in [-0.1, -0.05) is 30.0 Å². The molecule has 0 bridgehead atoms. The van der Waals surface area contributed by atoms with Crippen molar-refractivity contribution in [1.29, 1.82) is 0 Å². The maximum absolute atomic E-state index is 4.54. The van der Waals surface area contributed by atoms with Crippen molar-refractivity contribution in [2.45, 2.75) is 9.79 Å². The SMILES string of the molecule is c1ccc(N2c3ccccc3Sc3cccnc32)nc1. The Kier molecular flexibility index (Phi) is 2.67. The Balaban J connectivity index is 1.98. The highest BCUT2D eigenvalue weighted by molar-refractivity contribution is 7.99. The quantitative estimate of drug-likeness (QED) is 0.515. The Bertz CT molecular complexity index is 713. The summed E-state index contributed by atoms with van der Waals surface area (Å²) >= 11 is 1.75. The molecule has 0 N–H and O–H groups in total. The van der Waals surface area contributed by atoms with Crippen LogP contribution in [0, 0.1) is 0 Å². The van der Waals surface area contributed by atoms with E-state index < -0.39 is 0 Å². The van der Waals surface area contributed by atoms with E-state index in [9.17, 15) is 0 Å². The monoisotopic (exact) mass is 277 g/mol. The summed E-state index contributed by atoms with van der Waals surface area (Å²) in [6.07, 6.45) is 3.63. The minimum absolute atomic E-state index is 0.889. The number of anilines is 3. The van der Waals surface area contributed by atoms with Crippen LogP contribution in [0.3, 0.4) is 0 Å². The highest BCUT2D eigenvalue weighted by Gasteiger charge is 2.25.